The summed E-state index contributed by atoms with van der Waals surface area (Å²) in [5.41, 5.74) is 0.911. The van der Waals surface area contributed by atoms with Gasteiger partial charge in [-0.2, -0.15) is 0 Å². The summed E-state index contributed by atoms with van der Waals surface area (Å²) < 4.78 is 6.50. The molecule has 1 fully saturated rings. The summed E-state index contributed by atoms with van der Waals surface area (Å²) in [6, 6.07) is 5.80. The van der Waals surface area contributed by atoms with Crippen molar-refractivity contribution in [2.24, 2.45) is 5.92 Å². The molecular weight excluding hydrogens is 256 g/mol. The minimum atomic E-state index is -0.371. The Kier molecular flexibility index (Phi) is 3.32. The van der Waals surface area contributed by atoms with Crippen LogP contribution in [0.25, 0.3) is 0 Å². The van der Waals surface area contributed by atoms with Gasteiger partial charge in [0.25, 0.3) is 0 Å². The third-order valence-corrected chi connectivity index (χ3v) is 3.15. The molecular formula is C12H15BrO2. The molecule has 1 unspecified atom stereocenters. The van der Waals surface area contributed by atoms with Gasteiger partial charge in [-0.1, -0.05) is 15.9 Å². The van der Waals surface area contributed by atoms with Crippen molar-refractivity contribution in [3.05, 3.63) is 28.2 Å². The molecule has 2 rings (SSSR count). The molecule has 15 heavy (non-hydrogen) atoms. The Balaban J connectivity index is 2.28. The molecule has 2 nitrogen and oxygen atoms in total. The molecule has 1 saturated carbocycles. The van der Waals surface area contributed by atoms with Crippen molar-refractivity contribution < 1.29 is 9.84 Å². The molecule has 0 saturated heterocycles. The molecule has 0 amide bonds. The van der Waals surface area contributed by atoms with E-state index in [9.17, 15) is 5.11 Å². The molecule has 1 atom stereocenters. The standard InChI is InChI=1S/C12H15BrO2/c1-2-15-11-6-5-9(13)7-10(11)12(14)8-3-4-8/h5-8,12,14H,2-4H2,1H3. The lowest BCUT2D eigenvalue weighted by molar-refractivity contribution is 0.148. The lowest BCUT2D eigenvalue weighted by Crippen LogP contribution is -2.04. The van der Waals surface area contributed by atoms with Crippen LogP contribution in [0.2, 0.25) is 0 Å². The van der Waals surface area contributed by atoms with E-state index in [1.807, 2.05) is 25.1 Å². The SMILES string of the molecule is CCOc1ccc(Br)cc1C(O)C1CC1. The van der Waals surface area contributed by atoms with Crippen molar-refractivity contribution >= 4 is 15.9 Å². The van der Waals surface area contributed by atoms with Crippen LogP contribution < -0.4 is 4.74 Å². The van der Waals surface area contributed by atoms with Gasteiger partial charge in [-0.15, -0.1) is 0 Å². The summed E-state index contributed by atoms with van der Waals surface area (Å²) in [4.78, 5) is 0. The van der Waals surface area contributed by atoms with E-state index in [-0.39, 0.29) is 6.10 Å². The highest BCUT2D eigenvalue weighted by molar-refractivity contribution is 9.10. The first kappa shape index (κ1) is 11.0. The second kappa shape index (κ2) is 4.54. The van der Waals surface area contributed by atoms with E-state index in [4.69, 9.17) is 4.74 Å². The van der Waals surface area contributed by atoms with Crippen LogP contribution in [0.15, 0.2) is 22.7 Å². The molecule has 0 aromatic heterocycles. The Morgan fingerprint density at radius 1 is 1.53 bits per heavy atom. The van der Waals surface area contributed by atoms with Gasteiger partial charge >= 0.3 is 0 Å². The van der Waals surface area contributed by atoms with Gasteiger partial charge in [-0.25, -0.2) is 0 Å². The summed E-state index contributed by atoms with van der Waals surface area (Å²) in [5, 5.41) is 10.1. The number of rotatable bonds is 4. The lowest BCUT2D eigenvalue weighted by Gasteiger charge is -2.15. The van der Waals surface area contributed by atoms with Crippen molar-refractivity contribution in [1.29, 1.82) is 0 Å². The van der Waals surface area contributed by atoms with Crippen LogP contribution in [0.5, 0.6) is 5.75 Å². The molecule has 3 heteroatoms. The van der Waals surface area contributed by atoms with E-state index in [1.54, 1.807) is 0 Å². The molecule has 1 N–H and O–H groups in total. The molecule has 82 valence electrons. The maximum absolute atomic E-state index is 10.1. The average molecular weight is 271 g/mol. The van der Waals surface area contributed by atoms with Gasteiger partial charge in [0, 0.05) is 10.0 Å². The summed E-state index contributed by atoms with van der Waals surface area (Å²) in [5.74, 6) is 1.23. The summed E-state index contributed by atoms with van der Waals surface area (Å²) >= 11 is 3.42. The summed E-state index contributed by atoms with van der Waals surface area (Å²) in [6.45, 7) is 2.58. The van der Waals surface area contributed by atoms with Crippen LogP contribution in [-0.2, 0) is 0 Å². The van der Waals surface area contributed by atoms with Gasteiger partial charge in [0.15, 0.2) is 0 Å². The Labute approximate surface area is 98.4 Å². The first-order chi connectivity index (χ1) is 7.22. The molecule has 1 aliphatic rings. The monoisotopic (exact) mass is 270 g/mol. The highest BCUT2D eigenvalue weighted by Gasteiger charge is 2.32. The number of aliphatic hydroxyl groups excluding tert-OH is 1. The number of hydrogen-bond acceptors (Lipinski definition) is 2. The fourth-order valence-electron chi connectivity index (χ4n) is 1.70. The van der Waals surface area contributed by atoms with Crippen LogP contribution in [0.4, 0.5) is 0 Å². The van der Waals surface area contributed by atoms with Gasteiger partial charge < -0.3 is 9.84 Å². The van der Waals surface area contributed by atoms with E-state index >= 15 is 0 Å². The fourth-order valence-corrected chi connectivity index (χ4v) is 2.08. The first-order valence-corrected chi connectivity index (χ1v) is 6.12. The van der Waals surface area contributed by atoms with Gasteiger partial charge in [-0.3, -0.25) is 0 Å². The number of hydrogen-bond donors (Lipinski definition) is 1. The smallest absolute Gasteiger partial charge is 0.125 e. The van der Waals surface area contributed by atoms with Crippen LogP contribution >= 0.6 is 15.9 Å². The summed E-state index contributed by atoms with van der Waals surface area (Å²) in [6.07, 6.45) is 1.88. The van der Waals surface area contributed by atoms with Crippen LogP contribution in [0.3, 0.4) is 0 Å². The number of benzene rings is 1. The average Bonchev–Trinajstić information content (AvgIpc) is 3.03. The third kappa shape index (κ3) is 2.52. The van der Waals surface area contributed by atoms with Crippen LogP contribution in [0, 0.1) is 5.92 Å². The van der Waals surface area contributed by atoms with Gasteiger partial charge in [0.05, 0.1) is 12.7 Å². The zero-order valence-corrected chi connectivity index (χ0v) is 10.3. The molecule has 0 aliphatic heterocycles. The third-order valence-electron chi connectivity index (χ3n) is 2.66. The van der Waals surface area contributed by atoms with E-state index in [0.717, 1.165) is 28.6 Å². The van der Waals surface area contributed by atoms with Crippen molar-refractivity contribution in [3.8, 4) is 5.75 Å². The first-order valence-electron chi connectivity index (χ1n) is 5.32. The van der Waals surface area contributed by atoms with Gasteiger partial charge in [-0.05, 0) is 43.9 Å². The van der Waals surface area contributed by atoms with E-state index in [2.05, 4.69) is 15.9 Å². The van der Waals surface area contributed by atoms with Crippen molar-refractivity contribution in [1.82, 2.24) is 0 Å². The van der Waals surface area contributed by atoms with Crippen LogP contribution in [0.1, 0.15) is 31.4 Å². The second-order valence-electron chi connectivity index (χ2n) is 3.90. The number of halogens is 1. The minimum absolute atomic E-state index is 0.371. The number of aliphatic hydroxyl groups is 1. The second-order valence-corrected chi connectivity index (χ2v) is 4.81. The van der Waals surface area contributed by atoms with Gasteiger partial charge in [0.1, 0.15) is 5.75 Å². The van der Waals surface area contributed by atoms with Crippen molar-refractivity contribution in [2.75, 3.05) is 6.61 Å². The fraction of sp³-hybridized carbons (Fsp3) is 0.500. The van der Waals surface area contributed by atoms with Crippen molar-refractivity contribution in [3.63, 3.8) is 0 Å². The highest BCUT2D eigenvalue weighted by atomic mass is 79.9. The Morgan fingerprint density at radius 2 is 2.27 bits per heavy atom. The zero-order chi connectivity index (χ0) is 10.8. The molecule has 0 heterocycles. The quantitative estimate of drug-likeness (QED) is 0.910. The molecule has 0 spiro atoms. The van der Waals surface area contributed by atoms with E-state index in [0.29, 0.717) is 12.5 Å². The Hall–Kier alpha value is -0.540. The van der Waals surface area contributed by atoms with E-state index in [1.165, 1.54) is 0 Å². The van der Waals surface area contributed by atoms with Crippen molar-refractivity contribution in [2.45, 2.75) is 25.9 Å². The Morgan fingerprint density at radius 3 is 2.87 bits per heavy atom. The maximum Gasteiger partial charge on any atom is 0.125 e. The zero-order valence-electron chi connectivity index (χ0n) is 8.74. The predicted octanol–water partition coefficient (Wildman–Crippen LogP) is 3.29. The van der Waals surface area contributed by atoms with E-state index < -0.39 is 0 Å². The molecule has 1 aromatic carbocycles. The molecule has 0 bridgehead atoms. The highest BCUT2D eigenvalue weighted by Crippen LogP contribution is 2.44. The topological polar surface area (TPSA) is 29.5 Å². The Bertz CT molecular complexity index is 347. The largest absolute Gasteiger partial charge is 0.493 e. The molecule has 1 aromatic rings. The molecule has 1 aliphatic carbocycles. The number of ether oxygens (including phenoxy) is 1. The van der Waals surface area contributed by atoms with Gasteiger partial charge in [0.2, 0.25) is 0 Å². The normalized spacial score (nSPS) is 17.5. The maximum atomic E-state index is 10.1. The minimum Gasteiger partial charge on any atom is -0.493 e. The summed E-state index contributed by atoms with van der Waals surface area (Å²) in [7, 11) is 0. The lowest BCUT2D eigenvalue weighted by atomic mass is 10.0. The van der Waals surface area contributed by atoms with Crippen LogP contribution in [-0.4, -0.2) is 11.7 Å². The molecule has 0 radical (unpaired) electrons. The predicted molar refractivity (Wildman–Crippen MR) is 63.0 cm³/mol.